The molecule has 0 spiro atoms. The summed E-state index contributed by atoms with van der Waals surface area (Å²) in [6.45, 7) is 4.41. The fourth-order valence-electron chi connectivity index (χ4n) is 2.29. The minimum atomic E-state index is -0.0803. The monoisotopic (exact) mass is 339 g/mol. The normalized spacial score (nSPS) is 15.9. The molecule has 0 bridgehead atoms. The SMILES string of the molecule is CCC(=O)N1CCCN(C(=O)c2ncccc2Br)CC1. The molecule has 2 rings (SSSR count). The molecular weight excluding hydrogens is 322 g/mol. The van der Waals surface area contributed by atoms with E-state index in [0.29, 0.717) is 36.2 Å². The molecule has 0 radical (unpaired) electrons. The highest BCUT2D eigenvalue weighted by atomic mass is 79.9. The van der Waals surface area contributed by atoms with Gasteiger partial charge in [0.25, 0.3) is 5.91 Å². The van der Waals surface area contributed by atoms with Gasteiger partial charge in [0.2, 0.25) is 5.91 Å². The van der Waals surface area contributed by atoms with Gasteiger partial charge in [-0.05, 0) is 34.5 Å². The van der Waals surface area contributed by atoms with Crippen LogP contribution in [0.2, 0.25) is 0 Å². The average Bonchev–Trinajstić information content (AvgIpc) is 2.72. The Morgan fingerprint density at radius 3 is 2.65 bits per heavy atom. The van der Waals surface area contributed by atoms with Crippen LogP contribution in [0.25, 0.3) is 0 Å². The Labute approximate surface area is 127 Å². The van der Waals surface area contributed by atoms with Crippen LogP contribution in [0, 0.1) is 0 Å². The zero-order valence-electron chi connectivity index (χ0n) is 11.5. The molecule has 1 fully saturated rings. The number of nitrogens with zero attached hydrogens (tertiary/aromatic N) is 3. The van der Waals surface area contributed by atoms with Gasteiger partial charge in [-0.2, -0.15) is 0 Å². The molecular formula is C14H18BrN3O2. The minimum Gasteiger partial charge on any atom is -0.341 e. The van der Waals surface area contributed by atoms with Crippen LogP contribution in [0.5, 0.6) is 0 Å². The van der Waals surface area contributed by atoms with Crippen molar-refractivity contribution in [3.8, 4) is 0 Å². The molecule has 0 aliphatic carbocycles. The number of halogens is 1. The predicted octanol–water partition coefficient (Wildman–Crippen LogP) is 1.93. The van der Waals surface area contributed by atoms with Crippen molar-refractivity contribution in [3.05, 3.63) is 28.5 Å². The first-order valence-electron chi connectivity index (χ1n) is 6.81. The first-order chi connectivity index (χ1) is 9.63. The molecule has 0 N–H and O–H groups in total. The molecule has 0 atom stereocenters. The lowest BCUT2D eigenvalue weighted by Crippen LogP contribution is -2.37. The van der Waals surface area contributed by atoms with Gasteiger partial charge in [0.05, 0.1) is 0 Å². The van der Waals surface area contributed by atoms with Gasteiger partial charge in [-0.15, -0.1) is 0 Å². The summed E-state index contributed by atoms with van der Waals surface area (Å²) in [7, 11) is 0. The second kappa shape index (κ2) is 6.83. The highest BCUT2D eigenvalue weighted by Crippen LogP contribution is 2.16. The van der Waals surface area contributed by atoms with Crippen molar-refractivity contribution in [2.24, 2.45) is 0 Å². The zero-order chi connectivity index (χ0) is 14.5. The van der Waals surface area contributed by atoms with Gasteiger partial charge in [0.15, 0.2) is 0 Å². The highest BCUT2D eigenvalue weighted by Gasteiger charge is 2.23. The minimum absolute atomic E-state index is 0.0803. The largest absolute Gasteiger partial charge is 0.341 e. The standard InChI is InChI=1S/C14H18BrN3O2/c1-2-12(19)17-7-4-8-18(10-9-17)14(20)13-11(15)5-3-6-16-13/h3,5-6H,2,4,7-10H2,1H3. The molecule has 1 aliphatic heterocycles. The Balaban J connectivity index is 2.05. The maximum Gasteiger partial charge on any atom is 0.273 e. The molecule has 1 aliphatic rings. The van der Waals surface area contributed by atoms with E-state index in [9.17, 15) is 9.59 Å². The van der Waals surface area contributed by atoms with E-state index < -0.39 is 0 Å². The Hall–Kier alpha value is -1.43. The van der Waals surface area contributed by atoms with Gasteiger partial charge in [-0.3, -0.25) is 9.59 Å². The maximum atomic E-state index is 12.4. The predicted molar refractivity (Wildman–Crippen MR) is 79.3 cm³/mol. The highest BCUT2D eigenvalue weighted by molar-refractivity contribution is 9.10. The quantitative estimate of drug-likeness (QED) is 0.827. The lowest BCUT2D eigenvalue weighted by atomic mass is 10.3. The van der Waals surface area contributed by atoms with Crippen molar-refractivity contribution in [2.45, 2.75) is 19.8 Å². The first-order valence-corrected chi connectivity index (χ1v) is 7.60. The lowest BCUT2D eigenvalue weighted by molar-refractivity contribution is -0.130. The van der Waals surface area contributed by atoms with Crippen molar-refractivity contribution in [1.82, 2.24) is 14.8 Å². The number of rotatable bonds is 2. The molecule has 108 valence electrons. The van der Waals surface area contributed by atoms with Crippen molar-refractivity contribution in [2.75, 3.05) is 26.2 Å². The van der Waals surface area contributed by atoms with E-state index in [2.05, 4.69) is 20.9 Å². The van der Waals surface area contributed by atoms with E-state index in [4.69, 9.17) is 0 Å². The summed E-state index contributed by atoms with van der Waals surface area (Å²) in [5.41, 5.74) is 0.433. The van der Waals surface area contributed by atoms with Crippen LogP contribution in [0.4, 0.5) is 0 Å². The lowest BCUT2D eigenvalue weighted by Gasteiger charge is -2.22. The van der Waals surface area contributed by atoms with Crippen LogP contribution in [0.3, 0.4) is 0 Å². The Morgan fingerprint density at radius 2 is 1.95 bits per heavy atom. The maximum absolute atomic E-state index is 12.4. The fraction of sp³-hybridized carbons (Fsp3) is 0.500. The summed E-state index contributed by atoms with van der Waals surface area (Å²) < 4.78 is 0.704. The van der Waals surface area contributed by atoms with Crippen molar-refractivity contribution in [1.29, 1.82) is 0 Å². The summed E-state index contributed by atoms with van der Waals surface area (Å²) in [6, 6.07) is 3.59. The second-order valence-corrected chi connectivity index (χ2v) is 5.57. The van der Waals surface area contributed by atoms with E-state index >= 15 is 0 Å². The van der Waals surface area contributed by atoms with Gasteiger partial charge in [0, 0.05) is 43.3 Å². The summed E-state index contributed by atoms with van der Waals surface area (Å²) in [5, 5.41) is 0. The number of carbonyl (C=O) groups excluding carboxylic acids is 2. The molecule has 0 aromatic carbocycles. The molecule has 0 unspecified atom stereocenters. The molecule has 2 amide bonds. The molecule has 1 saturated heterocycles. The van der Waals surface area contributed by atoms with Gasteiger partial charge in [-0.25, -0.2) is 4.98 Å². The van der Waals surface area contributed by atoms with Gasteiger partial charge in [0.1, 0.15) is 5.69 Å². The van der Waals surface area contributed by atoms with Gasteiger partial charge < -0.3 is 9.80 Å². The molecule has 2 heterocycles. The molecule has 0 saturated carbocycles. The van der Waals surface area contributed by atoms with E-state index in [1.807, 2.05) is 17.9 Å². The third kappa shape index (κ3) is 3.36. The van der Waals surface area contributed by atoms with Gasteiger partial charge >= 0.3 is 0 Å². The van der Waals surface area contributed by atoms with E-state index in [1.165, 1.54) is 0 Å². The van der Waals surface area contributed by atoms with E-state index in [0.717, 1.165) is 13.0 Å². The second-order valence-electron chi connectivity index (χ2n) is 4.71. The number of aromatic nitrogens is 1. The number of pyridine rings is 1. The Kier molecular flexibility index (Phi) is 5.11. The topological polar surface area (TPSA) is 53.5 Å². The third-order valence-electron chi connectivity index (χ3n) is 3.40. The van der Waals surface area contributed by atoms with Crippen molar-refractivity contribution in [3.63, 3.8) is 0 Å². The summed E-state index contributed by atoms with van der Waals surface area (Å²) in [5.74, 6) is 0.0709. The molecule has 6 heteroatoms. The summed E-state index contributed by atoms with van der Waals surface area (Å²) in [4.78, 5) is 31.9. The van der Waals surface area contributed by atoms with Crippen LogP contribution < -0.4 is 0 Å². The summed E-state index contributed by atoms with van der Waals surface area (Å²) >= 11 is 3.35. The molecule has 20 heavy (non-hydrogen) atoms. The number of hydrogen-bond donors (Lipinski definition) is 0. The first kappa shape index (κ1) is 15.0. The van der Waals surface area contributed by atoms with Crippen LogP contribution in [0.1, 0.15) is 30.3 Å². The van der Waals surface area contributed by atoms with Crippen LogP contribution >= 0.6 is 15.9 Å². The number of hydrogen-bond acceptors (Lipinski definition) is 3. The molecule has 1 aromatic heterocycles. The number of amides is 2. The van der Waals surface area contributed by atoms with E-state index in [1.54, 1.807) is 17.2 Å². The van der Waals surface area contributed by atoms with Crippen molar-refractivity contribution >= 4 is 27.7 Å². The Morgan fingerprint density at radius 1 is 1.25 bits per heavy atom. The van der Waals surface area contributed by atoms with Crippen LogP contribution in [0.15, 0.2) is 22.8 Å². The summed E-state index contributed by atoms with van der Waals surface area (Å²) in [6.07, 6.45) is 2.93. The average molecular weight is 340 g/mol. The van der Waals surface area contributed by atoms with Gasteiger partial charge in [-0.1, -0.05) is 6.92 Å². The zero-order valence-corrected chi connectivity index (χ0v) is 13.1. The molecule has 1 aromatic rings. The third-order valence-corrected chi connectivity index (χ3v) is 4.04. The Bertz CT molecular complexity index is 507. The van der Waals surface area contributed by atoms with E-state index in [-0.39, 0.29) is 11.8 Å². The molecule has 5 nitrogen and oxygen atoms in total. The smallest absolute Gasteiger partial charge is 0.273 e. The van der Waals surface area contributed by atoms with Crippen LogP contribution in [-0.4, -0.2) is 52.8 Å². The fourth-order valence-corrected chi connectivity index (χ4v) is 2.71. The van der Waals surface area contributed by atoms with Crippen molar-refractivity contribution < 1.29 is 9.59 Å². The van der Waals surface area contributed by atoms with Crippen LogP contribution in [-0.2, 0) is 4.79 Å². The number of carbonyl (C=O) groups is 2.